The average Bonchev–Trinajstić information content (AvgIpc) is 2.99. The quantitative estimate of drug-likeness (QED) is 0.914. The molecule has 0 aliphatic carbocycles. The van der Waals surface area contributed by atoms with Crippen molar-refractivity contribution >= 4 is 11.3 Å². The van der Waals surface area contributed by atoms with Gasteiger partial charge in [-0.05, 0) is 32.3 Å². The highest BCUT2D eigenvalue weighted by atomic mass is 32.1. The predicted octanol–water partition coefficient (Wildman–Crippen LogP) is 2.56. The van der Waals surface area contributed by atoms with Gasteiger partial charge in [0.05, 0.1) is 12.2 Å². The number of aromatic nitrogens is 2. The van der Waals surface area contributed by atoms with E-state index in [4.69, 9.17) is 5.73 Å². The third kappa shape index (κ3) is 3.05. The summed E-state index contributed by atoms with van der Waals surface area (Å²) < 4.78 is 1.83. The van der Waals surface area contributed by atoms with Gasteiger partial charge in [-0.1, -0.05) is 6.07 Å². The average molecular weight is 278 g/mol. The summed E-state index contributed by atoms with van der Waals surface area (Å²) in [7, 11) is 4.07. The lowest BCUT2D eigenvalue weighted by Crippen LogP contribution is -2.38. The molecule has 3 atom stereocenters. The van der Waals surface area contributed by atoms with Crippen molar-refractivity contribution in [2.24, 2.45) is 12.8 Å². The van der Waals surface area contributed by atoms with Crippen LogP contribution < -0.4 is 5.73 Å². The largest absolute Gasteiger partial charge is 0.326 e. The van der Waals surface area contributed by atoms with Gasteiger partial charge in [0.25, 0.3) is 0 Å². The fraction of sp³-hybridized carbons (Fsp3) is 0.500. The van der Waals surface area contributed by atoms with Gasteiger partial charge in [-0.3, -0.25) is 9.58 Å². The van der Waals surface area contributed by atoms with Crippen molar-refractivity contribution in [2.45, 2.75) is 32.0 Å². The number of hydrogen-bond donors (Lipinski definition) is 1. The summed E-state index contributed by atoms with van der Waals surface area (Å²) in [5, 5.41) is 6.38. The van der Waals surface area contributed by atoms with Crippen LogP contribution in [0.15, 0.2) is 29.9 Å². The molecule has 5 heteroatoms. The second kappa shape index (κ2) is 5.86. The standard InChI is InChI=1S/C14H22N4S/c1-10(15)14(12-8-16-17(3)9-12)18(4)11(2)13-6-5-7-19-13/h5-11,14H,15H2,1-4H3. The van der Waals surface area contributed by atoms with E-state index in [-0.39, 0.29) is 12.1 Å². The molecule has 2 rings (SSSR count). The Morgan fingerprint density at radius 3 is 2.63 bits per heavy atom. The Morgan fingerprint density at radius 1 is 1.42 bits per heavy atom. The zero-order valence-corrected chi connectivity index (χ0v) is 12.8. The molecule has 0 aromatic carbocycles. The van der Waals surface area contributed by atoms with Gasteiger partial charge in [0.15, 0.2) is 0 Å². The first-order chi connectivity index (χ1) is 9.00. The van der Waals surface area contributed by atoms with E-state index in [1.54, 1.807) is 11.3 Å². The van der Waals surface area contributed by atoms with Crippen LogP contribution in [0.3, 0.4) is 0 Å². The maximum absolute atomic E-state index is 6.19. The van der Waals surface area contributed by atoms with Gasteiger partial charge >= 0.3 is 0 Å². The Bertz CT molecular complexity index is 503. The molecular weight excluding hydrogens is 256 g/mol. The van der Waals surface area contributed by atoms with Gasteiger partial charge in [-0.15, -0.1) is 11.3 Å². The van der Waals surface area contributed by atoms with Crippen molar-refractivity contribution in [3.05, 3.63) is 40.3 Å². The number of nitrogens with two attached hydrogens (primary N) is 1. The summed E-state index contributed by atoms with van der Waals surface area (Å²) in [6.07, 6.45) is 3.96. The summed E-state index contributed by atoms with van der Waals surface area (Å²) >= 11 is 1.79. The molecule has 2 aromatic heterocycles. The Balaban J connectivity index is 2.24. The first kappa shape index (κ1) is 14.2. The zero-order valence-electron chi connectivity index (χ0n) is 11.9. The first-order valence-corrected chi connectivity index (χ1v) is 7.38. The van der Waals surface area contributed by atoms with E-state index in [9.17, 15) is 0 Å². The van der Waals surface area contributed by atoms with Crippen LogP contribution in [0.5, 0.6) is 0 Å². The lowest BCUT2D eigenvalue weighted by molar-refractivity contribution is 0.168. The molecule has 0 spiro atoms. The molecule has 104 valence electrons. The Morgan fingerprint density at radius 2 is 2.16 bits per heavy atom. The molecule has 0 radical (unpaired) electrons. The molecule has 0 aliphatic heterocycles. The van der Waals surface area contributed by atoms with Crippen LogP contribution in [0.2, 0.25) is 0 Å². The number of likely N-dealkylation sites (N-methyl/N-ethyl adjacent to an activating group) is 1. The minimum Gasteiger partial charge on any atom is -0.326 e. The van der Waals surface area contributed by atoms with Crippen LogP contribution in [0, 0.1) is 0 Å². The fourth-order valence-electron chi connectivity index (χ4n) is 2.47. The minimum absolute atomic E-state index is 0.0524. The number of thiophene rings is 1. The van der Waals surface area contributed by atoms with Gasteiger partial charge in [0.1, 0.15) is 0 Å². The lowest BCUT2D eigenvalue weighted by Gasteiger charge is -2.34. The Kier molecular flexibility index (Phi) is 4.39. The molecule has 0 bridgehead atoms. The normalized spacial score (nSPS) is 16.5. The topological polar surface area (TPSA) is 47.1 Å². The third-order valence-corrected chi connectivity index (χ3v) is 4.61. The molecule has 3 unspecified atom stereocenters. The predicted molar refractivity (Wildman–Crippen MR) is 80.1 cm³/mol. The smallest absolute Gasteiger partial charge is 0.0538 e. The molecule has 0 fully saturated rings. The molecule has 0 amide bonds. The molecule has 4 nitrogen and oxygen atoms in total. The van der Waals surface area contributed by atoms with Gasteiger partial charge in [0, 0.05) is 35.8 Å². The highest BCUT2D eigenvalue weighted by Crippen LogP contribution is 2.32. The van der Waals surface area contributed by atoms with Crippen molar-refractivity contribution < 1.29 is 0 Å². The van der Waals surface area contributed by atoms with Crippen molar-refractivity contribution in [1.29, 1.82) is 0 Å². The SMILES string of the molecule is CC(N)C(c1cnn(C)c1)N(C)C(C)c1cccs1. The van der Waals surface area contributed by atoms with E-state index in [2.05, 4.69) is 48.4 Å². The number of nitrogens with zero attached hydrogens (tertiary/aromatic N) is 3. The van der Waals surface area contributed by atoms with Crippen molar-refractivity contribution in [1.82, 2.24) is 14.7 Å². The van der Waals surface area contributed by atoms with Gasteiger partial charge in [-0.25, -0.2) is 0 Å². The summed E-state index contributed by atoms with van der Waals surface area (Å²) in [4.78, 5) is 3.69. The van der Waals surface area contributed by atoms with Crippen molar-refractivity contribution in [3.63, 3.8) is 0 Å². The van der Waals surface area contributed by atoms with Crippen LogP contribution in [-0.2, 0) is 7.05 Å². The van der Waals surface area contributed by atoms with E-state index in [1.165, 1.54) is 10.4 Å². The van der Waals surface area contributed by atoms with Crippen molar-refractivity contribution in [3.8, 4) is 0 Å². The fourth-order valence-corrected chi connectivity index (χ4v) is 3.31. The molecular formula is C14H22N4S. The summed E-state index contributed by atoms with van der Waals surface area (Å²) in [5.41, 5.74) is 7.36. The van der Waals surface area contributed by atoms with Gasteiger partial charge in [-0.2, -0.15) is 5.10 Å². The number of hydrogen-bond acceptors (Lipinski definition) is 4. The molecule has 0 aliphatic rings. The van der Waals surface area contributed by atoms with Crippen LogP contribution in [-0.4, -0.2) is 27.8 Å². The Hall–Kier alpha value is -1.17. The van der Waals surface area contributed by atoms with Crippen LogP contribution in [0.1, 0.15) is 36.4 Å². The van der Waals surface area contributed by atoms with E-state index >= 15 is 0 Å². The summed E-state index contributed by atoms with van der Waals surface area (Å²) in [6.45, 7) is 4.27. The van der Waals surface area contributed by atoms with Crippen LogP contribution in [0.25, 0.3) is 0 Å². The van der Waals surface area contributed by atoms with E-state index in [0.29, 0.717) is 6.04 Å². The maximum Gasteiger partial charge on any atom is 0.0538 e. The van der Waals surface area contributed by atoms with E-state index in [0.717, 1.165) is 0 Å². The number of rotatable bonds is 5. The zero-order chi connectivity index (χ0) is 14.0. The molecule has 2 aromatic rings. The molecule has 2 heterocycles. The highest BCUT2D eigenvalue weighted by Gasteiger charge is 2.27. The minimum atomic E-state index is 0.0524. The van der Waals surface area contributed by atoms with E-state index in [1.807, 2.05) is 24.1 Å². The van der Waals surface area contributed by atoms with Crippen molar-refractivity contribution in [2.75, 3.05) is 7.05 Å². The highest BCUT2D eigenvalue weighted by molar-refractivity contribution is 7.10. The summed E-state index contributed by atoms with van der Waals surface area (Å²) in [6, 6.07) is 4.83. The summed E-state index contributed by atoms with van der Waals surface area (Å²) in [5.74, 6) is 0. The van der Waals surface area contributed by atoms with Gasteiger partial charge in [0.2, 0.25) is 0 Å². The molecule has 2 N–H and O–H groups in total. The third-order valence-electron chi connectivity index (χ3n) is 3.57. The molecule has 0 saturated carbocycles. The first-order valence-electron chi connectivity index (χ1n) is 6.50. The molecule has 0 saturated heterocycles. The number of aryl methyl sites for hydroxylation is 1. The monoisotopic (exact) mass is 278 g/mol. The van der Waals surface area contributed by atoms with Gasteiger partial charge < -0.3 is 5.73 Å². The van der Waals surface area contributed by atoms with E-state index < -0.39 is 0 Å². The second-order valence-electron chi connectivity index (χ2n) is 5.11. The second-order valence-corrected chi connectivity index (χ2v) is 6.09. The Labute approximate surface area is 118 Å². The lowest BCUT2D eigenvalue weighted by atomic mass is 10.0. The van der Waals surface area contributed by atoms with Crippen LogP contribution in [0.4, 0.5) is 0 Å². The van der Waals surface area contributed by atoms with Crippen LogP contribution >= 0.6 is 11.3 Å². The molecule has 19 heavy (non-hydrogen) atoms. The maximum atomic E-state index is 6.19.